The van der Waals surface area contributed by atoms with E-state index in [1.165, 1.54) is 19.2 Å². The maximum absolute atomic E-state index is 12.9. The maximum atomic E-state index is 12.9. The monoisotopic (exact) mass is 474 g/mol. The number of carbonyl (C=O) groups is 3. The molecule has 0 atom stereocenters. The lowest BCUT2D eigenvalue weighted by Crippen LogP contribution is -2.39. The van der Waals surface area contributed by atoms with Gasteiger partial charge in [-0.3, -0.25) is 14.4 Å². The number of aromatic nitrogens is 2. The molecule has 0 aliphatic heterocycles. The van der Waals surface area contributed by atoms with Crippen LogP contribution in [0.5, 0.6) is 5.75 Å². The van der Waals surface area contributed by atoms with Gasteiger partial charge in [-0.2, -0.15) is 5.10 Å². The number of likely N-dealkylation sites (N-methyl/N-ethyl adjacent to an activating group) is 1. The fourth-order valence-electron chi connectivity index (χ4n) is 3.30. The minimum atomic E-state index is -4.82. The Hall–Kier alpha value is -4.15. The van der Waals surface area contributed by atoms with Crippen LogP contribution in [0.1, 0.15) is 21.7 Å². The zero-order valence-corrected chi connectivity index (χ0v) is 18.5. The summed E-state index contributed by atoms with van der Waals surface area (Å²) < 4.78 is 42.0. The van der Waals surface area contributed by atoms with Gasteiger partial charge >= 0.3 is 6.36 Å². The number of amides is 2. The zero-order chi connectivity index (χ0) is 25.0. The molecule has 11 heteroatoms. The van der Waals surface area contributed by atoms with Crippen LogP contribution in [0.2, 0.25) is 0 Å². The number of hydrogen-bond donors (Lipinski definition) is 1. The first-order valence-corrected chi connectivity index (χ1v) is 10.0. The van der Waals surface area contributed by atoms with E-state index in [9.17, 15) is 27.6 Å². The van der Waals surface area contributed by atoms with Crippen molar-refractivity contribution in [2.24, 2.45) is 0 Å². The van der Waals surface area contributed by atoms with E-state index >= 15 is 0 Å². The standard InChI is InChI=1S/C23H21F3N4O4/c1-14-20(15(2)30(28-14)17-7-5-4-6-8-17)21(32)22(33)29(3)13-19(31)27-16-9-11-18(12-10-16)34-23(24,25)26/h4-12H,13H2,1-3H3,(H,27,31). The van der Waals surface area contributed by atoms with Gasteiger partial charge in [-0.15, -0.1) is 13.2 Å². The van der Waals surface area contributed by atoms with Gasteiger partial charge < -0.3 is 15.0 Å². The lowest BCUT2D eigenvalue weighted by molar-refractivity contribution is -0.274. The van der Waals surface area contributed by atoms with Crippen molar-refractivity contribution < 1.29 is 32.3 Å². The predicted octanol–water partition coefficient (Wildman–Crippen LogP) is 3.67. The van der Waals surface area contributed by atoms with E-state index in [0.717, 1.165) is 22.7 Å². The van der Waals surface area contributed by atoms with Gasteiger partial charge in [-0.25, -0.2) is 4.68 Å². The Balaban J connectivity index is 1.65. The molecule has 1 N–H and O–H groups in total. The van der Waals surface area contributed by atoms with E-state index in [2.05, 4.69) is 15.2 Å². The molecule has 0 spiro atoms. The summed E-state index contributed by atoms with van der Waals surface area (Å²) in [4.78, 5) is 38.8. The molecular formula is C23H21F3N4O4. The largest absolute Gasteiger partial charge is 0.573 e. The average Bonchev–Trinajstić information content (AvgIpc) is 3.07. The van der Waals surface area contributed by atoms with Crippen LogP contribution in [-0.2, 0) is 9.59 Å². The molecule has 3 aromatic rings. The number of hydrogen-bond acceptors (Lipinski definition) is 5. The molecule has 0 saturated carbocycles. The molecule has 1 aromatic heterocycles. The quantitative estimate of drug-likeness (QED) is 0.417. The summed E-state index contributed by atoms with van der Waals surface area (Å²) in [6, 6.07) is 13.6. The lowest BCUT2D eigenvalue weighted by Gasteiger charge is -2.16. The van der Waals surface area contributed by atoms with Crippen molar-refractivity contribution in [3.05, 3.63) is 71.5 Å². The molecule has 0 fully saturated rings. The molecule has 0 unspecified atom stereocenters. The van der Waals surface area contributed by atoms with Crippen molar-refractivity contribution in [1.82, 2.24) is 14.7 Å². The third-order valence-corrected chi connectivity index (χ3v) is 4.81. The summed E-state index contributed by atoms with van der Waals surface area (Å²) in [6.45, 7) is 2.84. The van der Waals surface area contributed by atoms with Gasteiger partial charge in [0.1, 0.15) is 5.75 Å². The van der Waals surface area contributed by atoms with Crippen LogP contribution in [0.4, 0.5) is 18.9 Å². The summed E-state index contributed by atoms with van der Waals surface area (Å²) in [7, 11) is 1.30. The van der Waals surface area contributed by atoms with E-state index in [0.29, 0.717) is 11.4 Å². The number of aryl methyl sites for hydroxylation is 1. The fraction of sp³-hybridized carbons (Fsp3) is 0.217. The van der Waals surface area contributed by atoms with E-state index < -0.39 is 36.3 Å². The molecule has 178 valence electrons. The van der Waals surface area contributed by atoms with Crippen molar-refractivity contribution in [3.63, 3.8) is 0 Å². The second kappa shape index (κ2) is 9.77. The zero-order valence-electron chi connectivity index (χ0n) is 18.5. The van der Waals surface area contributed by atoms with Gasteiger partial charge in [-0.05, 0) is 50.2 Å². The Labute approximate surface area is 192 Å². The minimum Gasteiger partial charge on any atom is -0.406 e. The number of para-hydroxylation sites is 1. The number of rotatable bonds is 7. The number of anilines is 1. The molecule has 0 radical (unpaired) electrons. The molecule has 2 amide bonds. The Morgan fingerprint density at radius 2 is 1.65 bits per heavy atom. The summed E-state index contributed by atoms with van der Waals surface area (Å²) in [5, 5.41) is 6.80. The van der Waals surface area contributed by atoms with Crippen LogP contribution in [0, 0.1) is 13.8 Å². The minimum absolute atomic E-state index is 0.154. The van der Waals surface area contributed by atoms with Gasteiger partial charge in [0, 0.05) is 12.7 Å². The van der Waals surface area contributed by atoms with E-state index in [1.807, 2.05) is 30.3 Å². The van der Waals surface area contributed by atoms with Crippen molar-refractivity contribution in [3.8, 4) is 11.4 Å². The summed E-state index contributed by atoms with van der Waals surface area (Å²) in [6.07, 6.45) is -4.82. The topological polar surface area (TPSA) is 93.5 Å². The van der Waals surface area contributed by atoms with Crippen molar-refractivity contribution in [2.75, 3.05) is 18.9 Å². The van der Waals surface area contributed by atoms with Gasteiger partial charge in [0.25, 0.3) is 11.7 Å². The summed E-state index contributed by atoms with van der Waals surface area (Å²) in [5.41, 5.74) is 1.94. The Morgan fingerprint density at radius 1 is 1.03 bits per heavy atom. The number of alkyl halides is 3. The van der Waals surface area contributed by atoms with Gasteiger partial charge in [0.15, 0.2) is 0 Å². The molecule has 0 bridgehead atoms. The maximum Gasteiger partial charge on any atom is 0.573 e. The second-order valence-corrected chi connectivity index (χ2v) is 7.40. The number of halogens is 3. The second-order valence-electron chi connectivity index (χ2n) is 7.40. The number of benzene rings is 2. The van der Waals surface area contributed by atoms with E-state index in [-0.39, 0.29) is 11.3 Å². The Bertz CT molecular complexity index is 1210. The van der Waals surface area contributed by atoms with Gasteiger partial charge in [-0.1, -0.05) is 18.2 Å². The summed E-state index contributed by atoms with van der Waals surface area (Å²) in [5.74, 6) is -2.78. The highest BCUT2D eigenvalue weighted by atomic mass is 19.4. The van der Waals surface area contributed by atoms with E-state index in [1.54, 1.807) is 18.5 Å². The third kappa shape index (κ3) is 5.80. The molecule has 1 heterocycles. The van der Waals surface area contributed by atoms with Crippen LogP contribution >= 0.6 is 0 Å². The van der Waals surface area contributed by atoms with Crippen LogP contribution in [0.3, 0.4) is 0 Å². The molecule has 0 aliphatic carbocycles. The number of ether oxygens (including phenoxy) is 1. The third-order valence-electron chi connectivity index (χ3n) is 4.81. The Kier molecular flexibility index (Phi) is 7.04. The first kappa shape index (κ1) is 24.5. The van der Waals surface area contributed by atoms with Gasteiger partial charge in [0.2, 0.25) is 5.91 Å². The van der Waals surface area contributed by atoms with Gasteiger partial charge in [0.05, 0.1) is 29.2 Å². The number of nitrogens with zero attached hydrogens (tertiary/aromatic N) is 3. The van der Waals surface area contributed by atoms with E-state index in [4.69, 9.17) is 0 Å². The van der Waals surface area contributed by atoms with Crippen molar-refractivity contribution in [2.45, 2.75) is 20.2 Å². The summed E-state index contributed by atoms with van der Waals surface area (Å²) >= 11 is 0. The molecule has 8 nitrogen and oxygen atoms in total. The average molecular weight is 474 g/mol. The van der Waals surface area contributed by atoms with Crippen molar-refractivity contribution in [1.29, 1.82) is 0 Å². The number of ketones is 1. The smallest absolute Gasteiger partial charge is 0.406 e. The fourth-order valence-corrected chi connectivity index (χ4v) is 3.30. The SMILES string of the molecule is Cc1nn(-c2ccccc2)c(C)c1C(=O)C(=O)N(C)CC(=O)Nc1ccc(OC(F)(F)F)cc1. The van der Waals surface area contributed by atoms with Crippen LogP contribution in [0.15, 0.2) is 54.6 Å². The number of carbonyl (C=O) groups excluding carboxylic acids is 3. The molecule has 0 aliphatic rings. The van der Waals surface area contributed by atoms with Crippen LogP contribution < -0.4 is 10.1 Å². The van der Waals surface area contributed by atoms with Crippen LogP contribution in [0.25, 0.3) is 5.69 Å². The first-order chi connectivity index (χ1) is 16.0. The molecule has 34 heavy (non-hydrogen) atoms. The highest BCUT2D eigenvalue weighted by Gasteiger charge is 2.31. The number of nitrogens with one attached hydrogen (secondary N) is 1. The molecule has 0 saturated heterocycles. The Morgan fingerprint density at radius 3 is 2.24 bits per heavy atom. The molecule has 2 aromatic carbocycles. The molecule has 3 rings (SSSR count). The van der Waals surface area contributed by atoms with Crippen molar-refractivity contribution >= 4 is 23.3 Å². The predicted molar refractivity (Wildman–Crippen MR) is 117 cm³/mol. The molecular weight excluding hydrogens is 453 g/mol. The first-order valence-electron chi connectivity index (χ1n) is 10.0. The van der Waals surface area contributed by atoms with Crippen LogP contribution in [-0.4, -0.2) is 52.2 Å². The highest BCUT2D eigenvalue weighted by Crippen LogP contribution is 2.24. The highest BCUT2D eigenvalue weighted by molar-refractivity contribution is 6.43. The number of Topliss-reactive ketones (excluding diaryl/α,β-unsaturated/α-hetero) is 1. The lowest BCUT2D eigenvalue weighted by atomic mass is 10.1. The normalized spacial score (nSPS) is 11.1.